The molecule has 0 aromatic carbocycles. The molecular formula is C10H20ClNO. The molecule has 0 amide bonds. The molecule has 78 valence electrons. The van der Waals surface area contributed by atoms with E-state index in [1.807, 2.05) is 0 Å². The third-order valence-corrected chi connectivity index (χ3v) is 3.23. The molecule has 1 saturated heterocycles. The molecule has 0 bridgehead atoms. The summed E-state index contributed by atoms with van der Waals surface area (Å²) in [7, 11) is 0. The van der Waals surface area contributed by atoms with E-state index < -0.39 is 0 Å². The van der Waals surface area contributed by atoms with Crippen LogP contribution >= 0.6 is 11.6 Å². The Bertz CT molecular complexity index is 154. The molecule has 1 rings (SSSR count). The Morgan fingerprint density at radius 1 is 1.46 bits per heavy atom. The lowest BCUT2D eigenvalue weighted by atomic mass is 9.95. The van der Waals surface area contributed by atoms with Gasteiger partial charge >= 0.3 is 0 Å². The minimum absolute atomic E-state index is 0.345. The molecule has 3 unspecified atom stereocenters. The van der Waals surface area contributed by atoms with Gasteiger partial charge in [-0.15, -0.1) is 11.6 Å². The molecule has 1 fully saturated rings. The van der Waals surface area contributed by atoms with Gasteiger partial charge in [-0.1, -0.05) is 6.92 Å². The van der Waals surface area contributed by atoms with Crippen molar-refractivity contribution in [2.45, 2.75) is 38.8 Å². The number of β-amino-alcohol motifs (C(OH)–C–C–N with tert-alkyl or cyclic N) is 1. The third kappa shape index (κ3) is 3.45. The molecular weight excluding hydrogens is 186 g/mol. The van der Waals surface area contributed by atoms with E-state index in [4.69, 9.17) is 11.6 Å². The van der Waals surface area contributed by atoms with Crippen molar-refractivity contribution in [2.24, 2.45) is 5.92 Å². The van der Waals surface area contributed by atoms with E-state index in [-0.39, 0.29) is 6.10 Å². The van der Waals surface area contributed by atoms with Gasteiger partial charge in [0.15, 0.2) is 0 Å². The fourth-order valence-corrected chi connectivity index (χ4v) is 2.05. The second-order valence-corrected chi connectivity index (χ2v) is 4.60. The molecule has 0 radical (unpaired) electrons. The molecule has 0 spiro atoms. The van der Waals surface area contributed by atoms with Crippen LogP contribution in [0.2, 0.25) is 0 Å². The summed E-state index contributed by atoms with van der Waals surface area (Å²) in [4.78, 5) is 2.35. The number of likely N-dealkylation sites (tertiary alicyclic amines) is 1. The van der Waals surface area contributed by atoms with Gasteiger partial charge in [-0.05, 0) is 25.7 Å². The van der Waals surface area contributed by atoms with Gasteiger partial charge < -0.3 is 5.11 Å². The minimum Gasteiger partial charge on any atom is -0.391 e. The highest BCUT2D eigenvalue weighted by atomic mass is 35.5. The zero-order valence-electron chi connectivity index (χ0n) is 8.54. The Morgan fingerprint density at radius 3 is 2.77 bits per heavy atom. The average Bonchev–Trinajstić information content (AvgIpc) is 2.11. The van der Waals surface area contributed by atoms with Crippen LogP contribution in [0.1, 0.15) is 26.7 Å². The predicted molar refractivity (Wildman–Crippen MR) is 56.2 cm³/mol. The number of rotatable bonds is 3. The topological polar surface area (TPSA) is 23.5 Å². The van der Waals surface area contributed by atoms with Crippen LogP contribution in [0.3, 0.4) is 0 Å². The largest absolute Gasteiger partial charge is 0.391 e. The van der Waals surface area contributed by atoms with Gasteiger partial charge in [0, 0.05) is 25.0 Å². The van der Waals surface area contributed by atoms with Crippen LogP contribution in [0.15, 0.2) is 0 Å². The Labute approximate surface area is 85.9 Å². The molecule has 0 aromatic heterocycles. The lowest BCUT2D eigenvalue weighted by Gasteiger charge is -2.37. The first-order valence-corrected chi connectivity index (χ1v) is 5.65. The molecule has 0 saturated carbocycles. The summed E-state index contributed by atoms with van der Waals surface area (Å²) in [6.07, 6.45) is 2.19. The highest BCUT2D eigenvalue weighted by molar-refractivity contribution is 6.18. The van der Waals surface area contributed by atoms with Gasteiger partial charge in [0.05, 0.1) is 6.10 Å². The normalized spacial score (nSPS) is 33.2. The smallest absolute Gasteiger partial charge is 0.0802 e. The fourth-order valence-electron chi connectivity index (χ4n) is 1.95. The number of aliphatic hydroxyl groups is 1. The quantitative estimate of drug-likeness (QED) is 0.710. The molecule has 1 aliphatic heterocycles. The second kappa shape index (κ2) is 5.18. The van der Waals surface area contributed by atoms with Crippen LogP contribution in [-0.4, -0.2) is 41.1 Å². The number of aliphatic hydroxyl groups excluding tert-OH is 1. The van der Waals surface area contributed by atoms with Crippen molar-refractivity contribution < 1.29 is 5.11 Å². The van der Waals surface area contributed by atoms with Crippen molar-refractivity contribution in [1.82, 2.24) is 4.90 Å². The van der Waals surface area contributed by atoms with E-state index in [0.29, 0.717) is 11.9 Å². The number of piperidine rings is 1. The molecule has 1 aliphatic rings. The molecule has 1 N–H and O–H groups in total. The van der Waals surface area contributed by atoms with Crippen molar-refractivity contribution in [2.75, 3.05) is 19.0 Å². The lowest BCUT2D eigenvalue weighted by molar-refractivity contribution is 0.0666. The number of hydrogen-bond donors (Lipinski definition) is 1. The van der Waals surface area contributed by atoms with Crippen molar-refractivity contribution >= 4 is 11.6 Å². The first-order chi connectivity index (χ1) is 6.13. The summed E-state index contributed by atoms with van der Waals surface area (Å²) >= 11 is 5.58. The molecule has 0 aliphatic carbocycles. The average molecular weight is 206 g/mol. The maximum absolute atomic E-state index is 9.44. The van der Waals surface area contributed by atoms with Crippen LogP contribution in [0, 0.1) is 5.92 Å². The van der Waals surface area contributed by atoms with Gasteiger partial charge in [-0.2, -0.15) is 0 Å². The fraction of sp³-hybridized carbons (Fsp3) is 1.00. The number of halogens is 1. The number of alkyl halides is 1. The predicted octanol–water partition coefficient (Wildman–Crippen LogP) is 1.71. The summed E-state index contributed by atoms with van der Waals surface area (Å²) in [5, 5.41) is 9.44. The Hall–Kier alpha value is 0.210. The van der Waals surface area contributed by atoms with Gasteiger partial charge in [0.2, 0.25) is 0 Å². The van der Waals surface area contributed by atoms with E-state index in [1.165, 1.54) is 12.8 Å². The summed E-state index contributed by atoms with van der Waals surface area (Å²) < 4.78 is 0. The first-order valence-electron chi connectivity index (χ1n) is 5.11. The van der Waals surface area contributed by atoms with Gasteiger partial charge in [0.1, 0.15) is 0 Å². The zero-order chi connectivity index (χ0) is 9.84. The van der Waals surface area contributed by atoms with Crippen LogP contribution in [-0.2, 0) is 0 Å². The van der Waals surface area contributed by atoms with E-state index >= 15 is 0 Å². The van der Waals surface area contributed by atoms with Crippen LogP contribution in [0.25, 0.3) is 0 Å². The second-order valence-electron chi connectivity index (χ2n) is 4.29. The highest BCUT2D eigenvalue weighted by Crippen LogP contribution is 2.21. The molecule has 3 atom stereocenters. The van der Waals surface area contributed by atoms with Gasteiger partial charge in [-0.25, -0.2) is 0 Å². The van der Waals surface area contributed by atoms with Crippen LogP contribution in [0.5, 0.6) is 0 Å². The third-order valence-electron chi connectivity index (χ3n) is 2.87. The number of hydrogen-bond acceptors (Lipinski definition) is 2. The summed E-state index contributed by atoms with van der Waals surface area (Å²) in [5.74, 6) is 1.11. The minimum atomic E-state index is -0.366. The molecule has 1 heterocycles. The summed E-state index contributed by atoms with van der Waals surface area (Å²) in [6.45, 7) is 6.34. The first kappa shape index (κ1) is 11.3. The number of nitrogens with zero attached hydrogens (tertiary/aromatic N) is 1. The van der Waals surface area contributed by atoms with Crippen molar-refractivity contribution in [3.05, 3.63) is 0 Å². The van der Waals surface area contributed by atoms with E-state index in [2.05, 4.69) is 18.7 Å². The lowest BCUT2D eigenvalue weighted by Crippen LogP contribution is -2.45. The maximum Gasteiger partial charge on any atom is 0.0802 e. The zero-order valence-corrected chi connectivity index (χ0v) is 9.30. The van der Waals surface area contributed by atoms with Crippen LogP contribution < -0.4 is 0 Å². The standard InChI is InChI=1S/C10H20ClNO/c1-8-3-4-9(2)12(6-8)7-10(13)5-11/h8-10,13H,3-7H2,1-2H3. The highest BCUT2D eigenvalue weighted by Gasteiger charge is 2.23. The van der Waals surface area contributed by atoms with E-state index in [0.717, 1.165) is 19.0 Å². The summed E-state index contributed by atoms with van der Waals surface area (Å²) in [6, 6.07) is 0.606. The molecule has 2 nitrogen and oxygen atoms in total. The maximum atomic E-state index is 9.44. The molecule has 3 heteroatoms. The Balaban J connectivity index is 2.37. The Morgan fingerprint density at radius 2 is 2.15 bits per heavy atom. The molecule has 0 aromatic rings. The van der Waals surface area contributed by atoms with Gasteiger partial charge in [-0.3, -0.25) is 4.90 Å². The monoisotopic (exact) mass is 205 g/mol. The van der Waals surface area contributed by atoms with Gasteiger partial charge in [0.25, 0.3) is 0 Å². The molecule has 13 heavy (non-hydrogen) atoms. The van der Waals surface area contributed by atoms with Crippen molar-refractivity contribution in [1.29, 1.82) is 0 Å². The van der Waals surface area contributed by atoms with Crippen molar-refractivity contribution in [3.63, 3.8) is 0 Å². The summed E-state index contributed by atoms with van der Waals surface area (Å²) in [5.41, 5.74) is 0. The van der Waals surface area contributed by atoms with E-state index in [9.17, 15) is 5.11 Å². The van der Waals surface area contributed by atoms with Crippen LogP contribution in [0.4, 0.5) is 0 Å². The Kier molecular flexibility index (Phi) is 4.50. The SMILES string of the molecule is CC1CCC(C)N(CC(O)CCl)C1. The van der Waals surface area contributed by atoms with Crippen molar-refractivity contribution in [3.8, 4) is 0 Å². The van der Waals surface area contributed by atoms with E-state index in [1.54, 1.807) is 0 Å².